The summed E-state index contributed by atoms with van der Waals surface area (Å²) in [5.41, 5.74) is -0.654. The van der Waals surface area contributed by atoms with Gasteiger partial charge in [0.05, 0.1) is 10.3 Å². The van der Waals surface area contributed by atoms with E-state index in [0.717, 1.165) is 0 Å². The zero-order valence-electron chi connectivity index (χ0n) is 6.20. The largest absolute Gasteiger partial charge is 0.348 e. The minimum absolute atomic E-state index is 0.0631. The van der Waals surface area contributed by atoms with E-state index in [9.17, 15) is 13.6 Å². The lowest BCUT2D eigenvalue weighted by molar-refractivity contribution is 0.145. The Labute approximate surface area is 75.7 Å². The van der Waals surface area contributed by atoms with E-state index < -0.39 is 11.9 Å². The van der Waals surface area contributed by atoms with Crippen molar-refractivity contribution in [3.05, 3.63) is 32.2 Å². The first-order valence-corrected chi connectivity index (χ1v) is 3.99. The van der Waals surface area contributed by atoms with Gasteiger partial charge in [-0.1, -0.05) is 0 Å². The predicted molar refractivity (Wildman–Crippen MR) is 44.5 cm³/mol. The first kappa shape index (κ1) is 9.38. The van der Waals surface area contributed by atoms with Crippen LogP contribution in [0, 0.1) is 6.92 Å². The Bertz CT molecular complexity index is 348. The van der Waals surface area contributed by atoms with Gasteiger partial charge in [0.1, 0.15) is 0 Å². The average Bonchev–Trinajstić information content (AvgIpc) is 1.96. The fraction of sp³-hybridized carbons (Fsp3) is 0.286. The summed E-state index contributed by atoms with van der Waals surface area (Å²) in [6.07, 6.45) is -2.64. The van der Waals surface area contributed by atoms with E-state index >= 15 is 0 Å². The van der Waals surface area contributed by atoms with Gasteiger partial charge in [0.25, 0.3) is 6.43 Å². The number of pyridine rings is 1. The molecule has 0 aliphatic carbocycles. The normalized spacial score (nSPS) is 10.8. The van der Waals surface area contributed by atoms with Gasteiger partial charge >= 0.3 is 0 Å². The third-order valence-electron chi connectivity index (χ3n) is 1.50. The van der Waals surface area contributed by atoms with Crippen LogP contribution in [0.5, 0.6) is 0 Å². The van der Waals surface area contributed by atoms with Crippen LogP contribution < -0.4 is 5.43 Å². The van der Waals surface area contributed by atoms with Crippen molar-refractivity contribution in [3.63, 3.8) is 0 Å². The molecule has 0 aliphatic heterocycles. The van der Waals surface area contributed by atoms with Crippen molar-refractivity contribution in [1.29, 1.82) is 0 Å². The average molecular weight is 238 g/mol. The van der Waals surface area contributed by atoms with Crippen LogP contribution in [0.4, 0.5) is 8.78 Å². The van der Waals surface area contributed by atoms with Crippen LogP contribution >= 0.6 is 15.9 Å². The molecule has 0 fully saturated rings. The predicted octanol–water partition coefficient (Wildman–Crippen LogP) is 2.38. The molecule has 0 unspecified atom stereocenters. The number of alkyl halides is 2. The smallest absolute Gasteiger partial charge is 0.278 e. The van der Waals surface area contributed by atoms with Crippen molar-refractivity contribution in [3.8, 4) is 0 Å². The Kier molecular flexibility index (Phi) is 2.62. The van der Waals surface area contributed by atoms with Gasteiger partial charge in [0.2, 0.25) is 0 Å². The fourth-order valence-electron chi connectivity index (χ4n) is 0.833. The second kappa shape index (κ2) is 3.35. The van der Waals surface area contributed by atoms with Crippen molar-refractivity contribution in [1.82, 2.24) is 4.98 Å². The number of H-pyrrole nitrogens is 1. The van der Waals surface area contributed by atoms with Crippen LogP contribution in [-0.4, -0.2) is 4.98 Å². The van der Waals surface area contributed by atoms with E-state index in [2.05, 4.69) is 20.9 Å². The summed E-state index contributed by atoms with van der Waals surface area (Å²) in [7, 11) is 0. The highest BCUT2D eigenvalue weighted by atomic mass is 79.9. The van der Waals surface area contributed by atoms with Gasteiger partial charge in [-0.15, -0.1) is 0 Å². The number of hydrogen-bond donors (Lipinski definition) is 1. The summed E-state index contributed by atoms with van der Waals surface area (Å²) in [5.74, 6) is 0. The fourth-order valence-corrected chi connectivity index (χ4v) is 1.25. The van der Waals surface area contributed by atoms with Gasteiger partial charge in [-0.3, -0.25) is 4.79 Å². The highest BCUT2D eigenvalue weighted by Crippen LogP contribution is 2.19. The molecule has 0 aliphatic rings. The molecule has 2 nitrogen and oxygen atoms in total. The minimum atomic E-state index is -2.64. The lowest BCUT2D eigenvalue weighted by atomic mass is 10.2. The zero-order chi connectivity index (χ0) is 9.30. The van der Waals surface area contributed by atoms with Gasteiger partial charge in [-0.25, -0.2) is 8.78 Å². The van der Waals surface area contributed by atoms with Crippen LogP contribution in [0.1, 0.15) is 17.7 Å². The molecule has 1 aromatic rings. The molecule has 0 amide bonds. The molecule has 0 saturated heterocycles. The molecule has 1 rings (SSSR count). The maximum absolute atomic E-state index is 12.2. The van der Waals surface area contributed by atoms with E-state index in [1.807, 2.05) is 0 Å². The van der Waals surface area contributed by atoms with Crippen LogP contribution in [-0.2, 0) is 0 Å². The zero-order valence-corrected chi connectivity index (χ0v) is 7.78. The first-order chi connectivity index (χ1) is 5.52. The molecule has 66 valence electrons. The van der Waals surface area contributed by atoms with Gasteiger partial charge in [0, 0.05) is 11.6 Å². The SMILES string of the molecule is Cc1c(C(F)F)[nH]c(Br)cc1=O. The Morgan fingerprint density at radius 3 is 2.67 bits per heavy atom. The summed E-state index contributed by atoms with van der Waals surface area (Å²) in [6, 6.07) is 1.22. The quantitative estimate of drug-likeness (QED) is 0.748. The van der Waals surface area contributed by atoms with E-state index in [1.54, 1.807) is 0 Å². The summed E-state index contributed by atoms with van der Waals surface area (Å²) in [4.78, 5) is 13.4. The molecule has 0 saturated carbocycles. The van der Waals surface area contributed by atoms with Crippen LogP contribution in [0.15, 0.2) is 15.5 Å². The van der Waals surface area contributed by atoms with Crippen molar-refractivity contribution in [2.45, 2.75) is 13.3 Å². The highest BCUT2D eigenvalue weighted by Gasteiger charge is 2.13. The standard InChI is InChI=1S/C7H6BrF2NO/c1-3-4(12)2-5(8)11-6(3)7(9)10/h2,7H,1H3,(H,11,12). The van der Waals surface area contributed by atoms with Crippen molar-refractivity contribution >= 4 is 15.9 Å². The van der Waals surface area contributed by atoms with Crippen molar-refractivity contribution in [2.24, 2.45) is 0 Å². The first-order valence-electron chi connectivity index (χ1n) is 3.20. The second-order valence-electron chi connectivity index (χ2n) is 2.32. The van der Waals surface area contributed by atoms with Crippen molar-refractivity contribution < 1.29 is 8.78 Å². The molecular formula is C7H6BrF2NO. The molecule has 1 aromatic heterocycles. The summed E-state index contributed by atoms with van der Waals surface area (Å²) in [6.45, 7) is 1.37. The Morgan fingerprint density at radius 1 is 1.58 bits per heavy atom. The molecule has 0 aromatic carbocycles. The summed E-state index contributed by atoms with van der Waals surface area (Å²) < 4.78 is 24.7. The molecule has 0 spiro atoms. The van der Waals surface area contributed by atoms with E-state index in [0.29, 0.717) is 0 Å². The topological polar surface area (TPSA) is 32.9 Å². The number of rotatable bonds is 1. The van der Waals surface area contributed by atoms with E-state index in [4.69, 9.17) is 0 Å². The van der Waals surface area contributed by atoms with Gasteiger partial charge in [-0.05, 0) is 22.9 Å². The Balaban J connectivity index is 3.38. The molecule has 0 bridgehead atoms. The summed E-state index contributed by atoms with van der Waals surface area (Å²) >= 11 is 2.93. The third-order valence-corrected chi connectivity index (χ3v) is 1.93. The molecule has 1 N–H and O–H groups in total. The van der Waals surface area contributed by atoms with Crippen molar-refractivity contribution in [2.75, 3.05) is 0 Å². The maximum atomic E-state index is 12.2. The van der Waals surface area contributed by atoms with E-state index in [-0.39, 0.29) is 15.9 Å². The monoisotopic (exact) mass is 237 g/mol. The number of halogens is 3. The molecule has 0 atom stereocenters. The Morgan fingerprint density at radius 2 is 2.17 bits per heavy atom. The number of aromatic amines is 1. The summed E-state index contributed by atoms with van der Waals surface area (Å²) in [5, 5.41) is 0. The lowest BCUT2D eigenvalue weighted by Gasteiger charge is -2.03. The molecular weight excluding hydrogens is 232 g/mol. The molecule has 0 radical (unpaired) electrons. The maximum Gasteiger partial charge on any atom is 0.278 e. The Hall–Kier alpha value is -0.710. The van der Waals surface area contributed by atoms with Crippen LogP contribution in [0.2, 0.25) is 0 Å². The minimum Gasteiger partial charge on any atom is -0.348 e. The number of nitrogens with one attached hydrogen (secondary N) is 1. The third kappa shape index (κ3) is 1.72. The molecule has 12 heavy (non-hydrogen) atoms. The lowest BCUT2D eigenvalue weighted by Crippen LogP contribution is -2.10. The highest BCUT2D eigenvalue weighted by molar-refractivity contribution is 9.10. The van der Waals surface area contributed by atoms with Gasteiger partial charge in [0.15, 0.2) is 5.43 Å². The number of hydrogen-bond acceptors (Lipinski definition) is 1. The van der Waals surface area contributed by atoms with Crippen LogP contribution in [0.3, 0.4) is 0 Å². The molecule has 5 heteroatoms. The number of aromatic nitrogens is 1. The molecule has 1 heterocycles. The van der Waals surface area contributed by atoms with E-state index in [1.165, 1.54) is 13.0 Å². The van der Waals surface area contributed by atoms with Gasteiger partial charge in [-0.2, -0.15) is 0 Å². The second-order valence-corrected chi connectivity index (χ2v) is 3.18. The van der Waals surface area contributed by atoms with Crippen LogP contribution in [0.25, 0.3) is 0 Å². The van der Waals surface area contributed by atoms with Gasteiger partial charge < -0.3 is 4.98 Å².